The van der Waals surface area contributed by atoms with Gasteiger partial charge in [-0.05, 0) is 54.1 Å². The standard InChI is InChI=1S/C29H22ClNO2/c1-33-24-16-14-23(15-17-24)31-27-13-6-5-12-25(27)29(32)26(18-20-8-3-2-4-9-20)28(31)21-10-7-11-22(30)19-21/h2-17,19H,18H2,1H3. The number of rotatable bonds is 5. The van der Waals surface area contributed by atoms with E-state index in [1.165, 1.54) is 0 Å². The number of halogens is 1. The molecule has 0 saturated carbocycles. The van der Waals surface area contributed by atoms with Crippen LogP contribution < -0.4 is 10.2 Å². The van der Waals surface area contributed by atoms with Crippen LogP contribution in [0, 0.1) is 0 Å². The Morgan fingerprint density at radius 2 is 1.55 bits per heavy atom. The second kappa shape index (κ2) is 8.97. The normalized spacial score (nSPS) is 11.0. The Kier molecular flexibility index (Phi) is 5.72. The van der Waals surface area contributed by atoms with Crippen LogP contribution in [0.25, 0.3) is 27.8 Å². The van der Waals surface area contributed by atoms with Gasteiger partial charge in [0.15, 0.2) is 5.43 Å². The van der Waals surface area contributed by atoms with E-state index in [1.807, 2.05) is 103 Å². The van der Waals surface area contributed by atoms with Gasteiger partial charge in [-0.25, -0.2) is 0 Å². The van der Waals surface area contributed by atoms with Crippen molar-refractivity contribution in [2.45, 2.75) is 6.42 Å². The zero-order valence-electron chi connectivity index (χ0n) is 18.2. The molecule has 0 atom stereocenters. The molecule has 4 heteroatoms. The van der Waals surface area contributed by atoms with Crippen molar-refractivity contribution in [2.75, 3.05) is 7.11 Å². The smallest absolute Gasteiger partial charge is 0.193 e. The quantitative estimate of drug-likeness (QED) is 0.290. The first kappa shape index (κ1) is 21.0. The zero-order chi connectivity index (χ0) is 22.8. The number of methoxy groups -OCH3 is 1. The first-order chi connectivity index (χ1) is 16.2. The number of benzene rings is 4. The van der Waals surface area contributed by atoms with Gasteiger partial charge in [-0.15, -0.1) is 0 Å². The van der Waals surface area contributed by atoms with Gasteiger partial charge in [-0.3, -0.25) is 4.79 Å². The summed E-state index contributed by atoms with van der Waals surface area (Å²) in [6.07, 6.45) is 0.516. The van der Waals surface area contributed by atoms with Gasteiger partial charge >= 0.3 is 0 Å². The molecule has 5 rings (SSSR count). The molecule has 1 heterocycles. The number of para-hydroxylation sites is 1. The lowest BCUT2D eigenvalue weighted by Gasteiger charge is -2.22. The molecular formula is C29H22ClNO2. The van der Waals surface area contributed by atoms with E-state index >= 15 is 0 Å². The molecule has 0 bridgehead atoms. The summed E-state index contributed by atoms with van der Waals surface area (Å²) in [5.74, 6) is 0.776. The maximum atomic E-state index is 13.8. The van der Waals surface area contributed by atoms with Crippen molar-refractivity contribution in [3.8, 4) is 22.7 Å². The molecule has 0 aliphatic heterocycles. The molecule has 1 aromatic heterocycles. The van der Waals surface area contributed by atoms with E-state index < -0.39 is 0 Å². The Morgan fingerprint density at radius 1 is 0.818 bits per heavy atom. The van der Waals surface area contributed by atoms with Crippen molar-refractivity contribution in [3.05, 3.63) is 130 Å². The summed E-state index contributed by atoms with van der Waals surface area (Å²) in [4.78, 5) is 13.8. The molecule has 33 heavy (non-hydrogen) atoms. The molecule has 0 N–H and O–H groups in total. The van der Waals surface area contributed by atoms with Gasteiger partial charge < -0.3 is 9.30 Å². The van der Waals surface area contributed by atoms with E-state index in [2.05, 4.69) is 4.57 Å². The zero-order valence-corrected chi connectivity index (χ0v) is 18.9. The van der Waals surface area contributed by atoms with Gasteiger partial charge in [-0.1, -0.05) is 66.2 Å². The third-order valence-corrected chi connectivity index (χ3v) is 6.06. The molecule has 0 fully saturated rings. The predicted molar refractivity (Wildman–Crippen MR) is 136 cm³/mol. The molecule has 162 valence electrons. The van der Waals surface area contributed by atoms with Gasteiger partial charge in [0.05, 0.1) is 18.3 Å². The van der Waals surface area contributed by atoms with E-state index in [4.69, 9.17) is 16.3 Å². The molecule has 0 radical (unpaired) electrons. The van der Waals surface area contributed by atoms with E-state index in [1.54, 1.807) is 7.11 Å². The lowest BCUT2D eigenvalue weighted by atomic mass is 9.96. The monoisotopic (exact) mass is 451 g/mol. The van der Waals surface area contributed by atoms with Crippen molar-refractivity contribution < 1.29 is 4.74 Å². The highest BCUT2D eigenvalue weighted by Gasteiger charge is 2.20. The number of pyridine rings is 1. The molecule has 3 nitrogen and oxygen atoms in total. The molecule has 0 aliphatic carbocycles. The third-order valence-electron chi connectivity index (χ3n) is 5.83. The van der Waals surface area contributed by atoms with Crippen LogP contribution in [0.3, 0.4) is 0 Å². The second-order valence-electron chi connectivity index (χ2n) is 7.88. The molecule has 0 saturated heterocycles. The average molecular weight is 452 g/mol. The van der Waals surface area contributed by atoms with Gasteiger partial charge in [-0.2, -0.15) is 0 Å². The number of hydrogen-bond donors (Lipinski definition) is 0. The molecule has 4 aromatic carbocycles. The predicted octanol–water partition coefficient (Wildman–Crippen LogP) is 6.91. The molecule has 0 spiro atoms. The van der Waals surface area contributed by atoms with Crippen LogP contribution in [0.15, 0.2) is 108 Å². The largest absolute Gasteiger partial charge is 0.497 e. The minimum Gasteiger partial charge on any atom is -0.497 e. The Morgan fingerprint density at radius 3 is 2.27 bits per heavy atom. The van der Waals surface area contributed by atoms with Crippen molar-refractivity contribution in [1.82, 2.24) is 4.57 Å². The Balaban J connectivity index is 1.90. The molecule has 5 aromatic rings. The van der Waals surface area contributed by atoms with Crippen molar-refractivity contribution >= 4 is 22.5 Å². The van der Waals surface area contributed by atoms with Gasteiger partial charge in [0.1, 0.15) is 5.75 Å². The second-order valence-corrected chi connectivity index (χ2v) is 8.32. The highest BCUT2D eigenvalue weighted by atomic mass is 35.5. The number of aromatic nitrogens is 1. The van der Waals surface area contributed by atoms with Crippen molar-refractivity contribution in [2.24, 2.45) is 0 Å². The molecule has 0 unspecified atom stereocenters. The average Bonchev–Trinajstić information content (AvgIpc) is 2.86. The van der Waals surface area contributed by atoms with E-state index in [0.717, 1.165) is 39.3 Å². The number of hydrogen-bond acceptors (Lipinski definition) is 2. The molecular weight excluding hydrogens is 430 g/mol. The summed E-state index contributed by atoms with van der Waals surface area (Å²) in [6, 6.07) is 33.4. The SMILES string of the molecule is COc1ccc(-n2c(-c3cccc(Cl)c3)c(Cc3ccccc3)c(=O)c3ccccc32)cc1. The van der Waals surface area contributed by atoms with E-state index in [0.29, 0.717) is 16.8 Å². The van der Waals surface area contributed by atoms with Crippen LogP contribution in [0.1, 0.15) is 11.1 Å². The summed E-state index contributed by atoms with van der Waals surface area (Å²) < 4.78 is 7.52. The highest BCUT2D eigenvalue weighted by Crippen LogP contribution is 2.33. The Bertz CT molecular complexity index is 1490. The maximum Gasteiger partial charge on any atom is 0.193 e. The summed E-state index contributed by atoms with van der Waals surface area (Å²) >= 11 is 6.40. The van der Waals surface area contributed by atoms with Crippen LogP contribution >= 0.6 is 11.6 Å². The van der Waals surface area contributed by atoms with E-state index in [-0.39, 0.29) is 5.43 Å². The first-order valence-electron chi connectivity index (χ1n) is 10.8. The van der Waals surface area contributed by atoms with Crippen LogP contribution in [-0.2, 0) is 6.42 Å². The topological polar surface area (TPSA) is 31.2 Å². The maximum absolute atomic E-state index is 13.8. The fraction of sp³-hybridized carbons (Fsp3) is 0.0690. The molecule has 0 aliphatic rings. The minimum atomic E-state index is 0.0363. The van der Waals surface area contributed by atoms with Gasteiger partial charge in [0.2, 0.25) is 0 Å². The number of fused-ring (bicyclic) bond motifs is 1. The third kappa shape index (κ3) is 4.04. The fourth-order valence-corrected chi connectivity index (χ4v) is 4.48. The number of nitrogens with zero attached hydrogens (tertiary/aromatic N) is 1. The summed E-state index contributed by atoms with van der Waals surface area (Å²) in [6.45, 7) is 0. The number of ether oxygens (including phenoxy) is 1. The highest BCUT2D eigenvalue weighted by molar-refractivity contribution is 6.30. The van der Waals surface area contributed by atoms with Gasteiger partial charge in [0.25, 0.3) is 0 Å². The van der Waals surface area contributed by atoms with E-state index in [9.17, 15) is 4.79 Å². The first-order valence-corrected chi connectivity index (χ1v) is 11.1. The van der Waals surface area contributed by atoms with Crippen LogP contribution in [-0.4, -0.2) is 11.7 Å². The van der Waals surface area contributed by atoms with Crippen molar-refractivity contribution in [3.63, 3.8) is 0 Å². The van der Waals surface area contributed by atoms with Gasteiger partial charge in [0, 0.05) is 33.6 Å². The van der Waals surface area contributed by atoms with Crippen molar-refractivity contribution in [1.29, 1.82) is 0 Å². The Labute approximate surface area is 197 Å². The summed E-state index contributed by atoms with van der Waals surface area (Å²) in [7, 11) is 1.65. The lowest BCUT2D eigenvalue weighted by molar-refractivity contribution is 0.415. The summed E-state index contributed by atoms with van der Waals surface area (Å²) in [5.41, 5.74) is 5.37. The summed E-state index contributed by atoms with van der Waals surface area (Å²) in [5, 5.41) is 1.31. The van der Waals surface area contributed by atoms with Crippen LogP contribution in [0.2, 0.25) is 5.02 Å². The lowest BCUT2D eigenvalue weighted by Crippen LogP contribution is -2.18. The minimum absolute atomic E-state index is 0.0363. The molecule has 0 amide bonds. The Hall–Kier alpha value is -3.82. The fourth-order valence-electron chi connectivity index (χ4n) is 4.29. The van der Waals surface area contributed by atoms with Crippen LogP contribution in [0.4, 0.5) is 0 Å². The van der Waals surface area contributed by atoms with Crippen LogP contribution in [0.5, 0.6) is 5.75 Å².